The maximum absolute atomic E-state index is 14.1. The lowest BCUT2D eigenvalue weighted by Gasteiger charge is -2.20. The van der Waals surface area contributed by atoms with E-state index in [-0.39, 0.29) is 17.2 Å². The van der Waals surface area contributed by atoms with Gasteiger partial charge in [-0.25, -0.2) is 4.68 Å². The zero-order valence-electron chi connectivity index (χ0n) is 16.2. The standard InChI is InChI=1S/C23H14ClF3N2O3/c24-14-10-8-13(9-11-14)20-17(19(30)16-7-4-12-31-16)18-21(23(25,26)27)28-29(22(18)32-20)15-5-2-1-3-6-15/h1-12,17,20H/t17-,20-/m1/s1. The molecule has 0 aliphatic carbocycles. The first-order chi connectivity index (χ1) is 15.3. The van der Waals surface area contributed by atoms with Gasteiger partial charge in [0.05, 0.1) is 23.4 Å². The van der Waals surface area contributed by atoms with Crippen molar-refractivity contribution in [3.05, 3.63) is 101 Å². The maximum atomic E-state index is 14.1. The number of ether oxygens (including phenoxy) is 1. The molecule has 0 saturated carbocycles. The minimum absolute atomic E-state index is 0.0639. The monoisotopic (exact) mass is 458 g/mol. The lowest BCUT2D eigenvalue weighted by Crippen LogP contribution is -2.22. The fraction of sp³-hybridized carbons (Fsp3) is 0.130. The van der Waals surface area contributed by atoms with E-state index in [0.717, 1.165) is 4.68 Å². The number of benzene rings is 2. The van der Waals surface area contributed by atoms with Crippen LogP contribution in [0.5, 0.6) is 5.88 Å². The quantitative estimate of drug-likeness (QED) is 0.340. The molecule has 9 heteroatoms. The van der Waals surface area contributed by atoms with Gasteiger partial charge < -0.3 is 9.15 Å². The largest absolute Gasteiger partial charge is 0.468 e. The van der Waals surface area contributed by atoms with Crippen molar-refractivity contribution >= 4 is 17.4 Å². The lowest BCUT2D eigenvalue weighted by molar-refractivity contribution is -0.142. The van der Waals surface area contributed by atoms with Crippen LogP contribution < -0.4 is 4.74 Å². The van der Waals surface area contributed by atoms with Crippen molar-refractivity contribution in [2.75, 3.05) is 0 Å². The van der Waals surface area contributed by atoms with Gasteiger partial charge in [-0.1, -0.05) is 41.9 Å². The molecule has 0 saturated heterocycles. The molecule has 4 aromatic rings. The van der Waals surface area contributed by atoms with Crippen LogP contribution in [0.3, 0.4) is 0 Å². The summed E-state index contributed by atoms with van der Waals surface area (Å²) in [7, 11) is 0. The molecule has 1 aliphatic rings. The van der Waals surface area contributed by atoms with Crippen LogP contribution in [0.15, 0.2) is 77.4 Å². The van der Waals surface area contributed by atoms with E-state index in [1.807, 2.05) is 0 Å². The predicted octanol–water partition coefficient (Wildman–Crippen LogP) is 6.24. The summed E-state index contributed by atoms with van der Waals surface area (Å²) in [4.78, 5) is 13.3. The number of nitrogens with zero attached hydrogens (tertiary/aromatic N) is 2. The van der Waals surface area contributed by atoms with Crippen molar-refractivity contribution < 1.29 is 27.1 Å². The second kappa shape index (κ2) is 7.56. The molecular formula is C23H14ClF3N2O3. The van der Waals surface area contributed by atoms with Gasteiger partial charge in [-0.05, 0) is 42.0 Å². The van der Waals surface area contributed by atoms with E-state index in [9.17, 15) is 18.0 Å². The van der Waals surface area contributed by atoms with Crippen molar-refractivity contribution in [1.29, 1.82) is 0 Å². The van der Waals surface area contributed by atoms with Crippen molar-refractivity contribution in [2.24, 2.45) is 0 Å². The molecular weight excluding hydrogens is 445 g/mol. The van der Waals surface area contributed by atoms with E-state index >= 15 is 0 Å². The second-order valence-electron chi connectivity index (χ2n) is 7.22. The molecule has 0 spiro atoms. The van der Waals surface area contributed by atoms with Crippen LogP contribution in [0.4, 0.5) is 13.2 Å². The van der Waals surface area contributed by atoms with Crippen molar-refractivity contribution in [2.45, 2.75) is 18.2 Å². The van der Waals surface area contributed by atoms with Crippen LogP contribution in [-0.2, 0) is 6.18 Å². The van der Waals surface area contributed by atoms with Crippen LogP contribution >= 0.6 is 11.6 Å². The number of fused-ring (bicyclic) bond motifs is 1. The van der Waals surface area contributed by atoms with Crippen LogP contribution in [0, 0.1) is 0 Å². The van der Waals surface area contributed by atoms with E-state index in [2.05, 4.69) is 5.10 Å². The summed E-state index contributed by atoms with van der Waals surface area (Å²) >= 11 is 5.97. The number of alkyl halides is 3. The van der Waals surface area contributed by atoms with Gasteiger partial charge in [0.25, 0.3) is 0 Å². The molecule has 5 rings (SSSR count). The van der Waals surface area contributed by atoms with E-state index in [0.29, 0.717) is 16.3 Å². The molecule has 0 fully saturated rings. The van der Waals surface area contributed by atoms with Crippen LogP contribution in [0.2, 0.25) is 5.02 Å². The molecule has 0 bridgehead atoms. The molecule has 2 atom stereocenters. The molecule has 0 N–H and O–H groups in total. The number of carbonyl (C=O) groups excluding carboxylic acids is 1. The number of furan rings is 1. The molecule has 3 heterocycles. The van der Waals surface area contributed by atoms with Gasteiger partial charge in [0.2, 0.25) is 11.7 Å². The van der Waals surface area contributed by atoms with Gasteiger partial charge >= 0.3 is 6.18 Å². The highest BCUT2D eigenvalue weighted by molar-refractivity contribution is 6.30. The van der Waals surface area contributed by atoms with Gasteiger partial charge in [0.1, 0.15) is 6.10 Å². The highest BCUT2D eigenvalue weighted by atomic mass is 35.5. The molecule has 0 amide bonds. The minimum Gasteiger partial charge on any atom is -0.468 e. The molecule has 0 radical (unpaired) electrons. The molecule has 5 nitrogen and oxygen atoms in total. The van der Waals surface area contributed by atoms with Gasteiger partial charge in [0, 0.05) is 5.02 Å². The third-order valence-corrected chi connectivity index (χ3v) is 5.50. The summed E-state index contributed by atoms with van der Waals surface area (Å²) in [6.07, 6.45) is -4.53. The van der Waals surface area contributed by atoms with E-state index in [1.165, 1.54) is 18.4 Å². The highest BCUT2D eigenvalue weighted by Gasteiger charge is 2.52. The number of aromatic nitrogens is 2. The number of halogens is 4. The maximum Gasteiger partial charge on any atom is 0.435 e. The average molecular weight is 459 g/mol. The summed E-state index contributed by atoms with van der Waals surface area (Å²) in [6, 6.07) is 17.6. The lowest BCUT2D eigenvalue weighted by atomic mass is 9.86. The Balaban J connectivity index is 1.74. The van der Waals surface area contributed by atoms with Gasteiger partial charge in [-0.2, -0.15) is 18.3 Å². The summed E-state index contributed by atoms with van der Waals surface area (Å²) in [5, 5.41) is 4.24. The van der Waals surface area contributed by atoms with Crippen LogP contribution in [0.1, 0.15) is 39.4 Å². The number of hydrogen-bond donors (Lipinski definition) is 0. The fourth-order valence-corrected chi connectivity index (χ4v) is 3.98. The molecule has 2 aromatic heterocycles. The van der Waals surface area contributed by atoms with Crippen molar-refractivity contribution in [3.8, 4) is 11.6 Å². The Labute approximate surface area is 185 Å². The van der Waals surface area contributed by atoms with Crippen molar-refractivity contribution in [3.63, 3.8) is 0 Å². The molecule has 2 aromatic carbocycles. The molecule has 32 heavy (non-hydrogen) atoms. The van der Waals surface area contributed by atoms with Crippen LogP contribution in [-0.4, -0.2) is 15.6 Å². The molecule has 0 unspecified atom stereocenters. The average Bonchev–Trinajstić information content (AvgIpc) is 3.50. The van der Waals surface area contributed by atoms with E-state index < -0.39 is 29.7 Å². The highest BCUT2D eigenvalue weighted by Crippen LogP contribution is 2.52. The van der Waals surface area contributed by atoms with E-state index in [1.54, 1.807) is 54.6 Å². The Hall–Kier alpha value is -3.52. The Morgan fingerprint density at radius 3 is 2.34 bits per heavy atom. The van der Waals surface area contributed by atoms with Crippen LogP contribution in [0.25, 0.3) is 5.69 Å². The number of ketones is 1. The summed E-state index contributed by atoms with van der Waals surface area (Å²) in [6.45, 7) is 0. The topological polar surface area (TPSA) is 57.3 Å². The SMILES string of the molecule is O=C(c1ccco1)[C@H]1c2c(C(F)(F)F)nn(-c3ccccc3)c2O[C@@H]1c1ccc(Cl)cc1. The summed E-state index contributed by atoms with van der Waals surface area (Å²) in [5.41, 5.74) is -0.608. The number of rotatable bonds is 4. The molecule has 1 aliphatic heterocycles. The number of Topliss-reactive ketones (excluding diaryl/α,β-unsaturated/α-hetero) is 1. The number of carbonyl (C=O) groups is 1. The van der Waals surface area contributed by atoms with Crippen molar-refractivity contribution in [1.82, 2.24) is 9.78 Å². The second-order valence-corrected chi connectivity index (χ2v) is 7.66. The first-order valence-electron chi connectivity index (χ1n) is 9.60. The van der Waals surface area contributed by atoms with Gasteiger partial charge in [0.15, 0.2) is 11.5 Å². The molecule has 162 valence electrons. The summed E-state index contributed by atoms with van der Waals surface area (Å²) in [5.74, 6) is -2.14. The smallest absolute Gasteiger partial charge is 0.435 e. The van der Waals surface area contributed by atoms with Gasteiger partial charge in [-0.3, -0.25) is 4.79 Å². The third kappa shape index (κ3) is 3.36. The first kappa shape index (κ1) is 20.4. The Morgan fingerprint density at radius 2 is 1.72 bits per heavy atom. The van der Waals surface area contributed by atoms with Gasteiger partial charge in [-0.15, -0.1) is 0 Å². The predicted molar refractivity (Wildman–Crippen MR) is 109 cm³/mol. The van der Waals surface area contributed by atoms with E-state index in [4.69, 9.17) is 20.8 Å². The summed E-state index contributed by atoms with van der Waals surface area (Å²) < 4.78 is 54.5. The number of hydrogen-bond acceptors (Lipinski definition) is 4. The third-order valence-electron chi connectivity index (χ3n) is 5.24. The normalized spacial score (nSPS) is 17.8. The fourth-order valence-electron chi connectivity index (χ4n) is 3.86. The Morgan fingerprint density at radius 1 is 1.00 bits per heavy atom. The Bertz CT molecular complexity index is 1270. The first-order valence-corrected chi connectivity index (χ1v) is 9.98. The number of para-hydroxylation sites is 1. The Kier molecular flexibility index (Phi) is 4.82. The zero-order valence-corrected chi connectivity index (χ0v) is 17.0. The minimum atomic E-state index is -4.80. The zero-order chi connectivity index (χ0) is 22.5.